The minimum atomic E-state index is -0.176. The highest BCUT2D eigenvalue weighted by Gasteiger charge is 2.10. The van der Waals surface area contributed by atoms with E-state index < -0.39 is 0 Å². The topological polar surface area (TPSA) is 84.2 Å². The van der Waals surface area contributed by atoms with Crippen LogP contribution < -0.4 is 14.8 Å². The largest absolute Gasteiger partial charge is 0.494 e. The van der Waals surface area contributed by atoms with E-state index in [9.17, 15) is 4.79 Å². The molecular weight excluding hydrogens is 318 g/mol. The van der Waals surface area contributed by atoms with Gasteiger partial charge in [0, 0.05) is 12.6 Å². The second-order valence-electron chi connectivity index (χ2n) is 5.26. The van der Waals surface area contributed by atoms with E-state index in [4.69, 9.17) is 14.7 Å². The van der Waals surface area contributed by atoms with Crippen molar-refractivity contribution in [3.8, 4) is 17.6 Å². The molecule has 0 radical (unpaired) electrons. The highest BCUT2D eigenvalue weighted by atomic mass is 16.5. The summed E-state index contributed by atoms with van der Waals surface area (Å²) in [6.07, 6.45) is 2.89. The second-order valence-corrected chi connectivity index (χ2v) is 5.26. The summed E-state index contributed by atoms with van der Waals surface area (Å²) in [5.41, 5.74) is 0.883. The normalized spacial score (nSPS) is 9.92. The Kier molecular flexibility index (Phi) is 7.26. The first-order chi connectivity index (χ1) is 12.2. The number of amides is 1. The molecule has 2 rings (SSSR count). The Morgan fingerprint density at radius 2 is 2.04 bits per heavy atom. The molecule has 25 heavy (non-hydrogen) atoms. The number of carbonyl (C=O) groups is 1. The molecule has 1 heterocycles. The molecule has 0 fully saturated rings. The number of hydrogen-bond acceptors (Lipinski definition) is 5. The number of carbonyl (C=O) groups excluding carboxylic acids is 1. The van der Waals surface area contributed by atoms with Crippen molar-refractivity contribution in [1.82, 2.24) is 4.98 Å². The Hall–Kier alpha value is -3.07. The molecule has 0 saturated heterocycles. The van der Waals surface area contributed by atoms with Crippen molar-refractivity contribution in [2.24, 2.45) is 0 Å². The molecule has 0 bridgehead atoms. The fraction of sp³-hybridized carbons (Fsp3) is 0.316. The third kappa shape index (κ3) is 6.15. The average molecular weight is 339 g/mol. The maximum atomic E-state index is 12.2. The van der Waals surface area contributed by atoms with E-state index in [0.29, 0.717) is 37.6 Å². The van der Waals surface area contributed by atoms with Crippen LogP contribution in [0.15, 0.2) is 42.6 Å². The molecule has 6 heteroatoms. The first-order valence-electron chi connectivity index (χ1n) is 8.19. The van der Waals surface area contributed by atoms with Crippen molar-refractivity contribution < 1.29 is 14.3 Å². The fourth-order valence-electron chi connectivity index (χ4n) is 2.17. The molecule has 0 saturated carbocycles. The summed E-state index contributed by atoms with van der Waals surface area (Å²) in [7, 11) is 0. The van der Waals surface area contributed by atoms with Crippen molar-refractivity contribution >= 4 is 11.7 Å². The number of ether oxygens (including phenoxy) is 2. The Morgan fingerprint density at radius 3 is 2.76 bits per heavy atom. The van der Waals surface area contributed by atoms with Crippen molar-refractivity contribution in [2.75, 3.05) is 18.5 Å². The van der Waals surface area contributed by atoms with Crippen LogP contribution in [0.3, 0.4) is 0 Å². The van der Waals surface area contributed by atoms with Crippen LogP contribution in [0, 0.1) is 11.3 Å². The predicted octanol–water partition coefficient (Wildman–Crippen LogP) is 3.34. The number of nitrogens with zero attached hydrogens (tertiary/aromatic N) is 2. The Morgan fingerprint density at radius 1 is 1.24 bits per heavy atom. The molecule has 1 N–H and O–H groups in total. The molecule has 0 atom stereocenters. The molecule has 1 amide bonds. The van der Waals surface area contributed by atoms with Crippen LogP contribution in [0.2, 0.25) is 0 Å². The number of unbranched alkanes of at least 4 members (excludes halogenated alkanes) is 1. The molecule has 1 aromatic carbocycles. The summed E-state index contributed by atoms with van der Waals surface area (Å²) in [6.45, 7) is 2.94. The summed E-state index contributed by atoms with van der Waals surface area (Å²) >= 11 is 0. The van der Waals surface area contributed by atoms with Gasteiger partial charge in [-0.1, -0.05) is 12.1 Å². The van der Waals surface area contributed by atoms with Gasteiger partial charge in [-0.05, 0) is 43.2 Å². The SMILES string of the molecule is CCOc1ccc(CC(=O)Nc2ncccc2OCCCC#N)cc1. The van der Waals surface area contributed by atoms with Crippen LogP contribution in [-0.2, 0) is 11.2 Å². The molecule has 0 aliphatic heterocycles. The van der Waals surface area contributed by atoms with Crippen LogP contribution in [0.25, 0.3) is 0 Å². The number of nitrogens with one attached hydrogen (secondary N) is 1. The monoisotopic (exact) mass is 339 g/mol. The second kappa shape index (κ2) is 9.93. The van der Waals surface area contributed by atoms with Gasteiger partial charge in [-0.2, -0.15) is 5.26 Å². The van der Waals surface area contributed by atoms with E-state index >= 15 is 0 Å². The van der Waals surface area contributed by atoms with Gasteiger partial charge < -0.3 is 14.8 Å². The average Bonchev–Trinajstić information content (AvgIpc) is 2.62. The lowest BCUT2D eigenvalue weighted by atomic mass is 10.1. The molecule has 0 aliphatic rings. The minimum Gasteiger partial charge on any atom is -0.494 e. The third-order valence-electron chi connectivity index (χ3n) is 3.32. The standard InChI is InChI=1S/C19H21N3O3/c1-2-24-16-9-7-15(8-10-16)14-18(23)22-19-17(6-5-12-21-19)25-13-4-3-11-20/h5-10,12H,2-4,13-14H2,1H3,(H,21,22,23). The van der Waals surface area contributed by atoms with Gasteiger partial charge in [-0.25, -0.2) is 4.98 Å². The summed E-state index contributed by atoms with van der Waals surface area (Å²) in [4.78, 5) is 16.4. The molecule has 130 valence electrons. The summed E-state index contributed by atoms with van der Waals surface area (Å²) in [6, 6.07) is 13.0. The molecular formula is C19H21N3O3. The lowest BCUT2D eigenvalue weighted by Gasteiger charge is -2.11. The van der Waals surface area contributed by atoms with E-state index in [1.807, 2.05) is 31.2 Å². The maximum absolute atomic E-state index is 12.2. The van der Waals surface area contributed by atoms with Crippen LogP contribution >= 0.6 is 0 Å². The molecule has 0 aliphatic carbocycles. The van der Waals surface area contributed by atoms with E-state index in [1.54, 1.807) is 18.3 Å². The Balaban J connectivity index is 1.92. The highest BCUT2D eigenvalue weighted by Crippen LogP contribution is 2.21. The molecule has 0 unspecified atom stereocenters. The van der Waals surface area contributed by atoms with Gasteiger partial charge in [-0.3, -0.25) is 4.79 Å². The number of benzene rings is 1. The first kappa shape index (κ1) is 18.3. The van der Waals surface area contributed by atoms with Crippen LogP contribution in [0.5, 0.6) is 11.5 Å². The van der Waals surface area contributed by atoms with Crippen molar-refractivity contribution in [2.45, 2.75) is 26.2 Å². The number of anilines is 1. The molecule has 6 nitrogen and oxygen atoms in total. The van der Waals surface area contributed by atoms with Crippen LogP contribution in [0.1, 0.15) is 25.3 Å². The summed E-state index contributed by atoms with van der Waals surface area (Å²) in [5.74, 6) is 1.49. The van der Waals surface area contributed by atoms with Crippen LogP contribution in [-0.4, -0.2) is 24.1 Å². The van der Waals surface area contributed by atoms with Crippen molar-refractivity contribution in [1.29, 1.82) is 5.26 Å². The van der Waals surface area contributed by atoms with E-state index in [1.165, 1.54) is 0 Å². The van der Waals surface area contributed by atoms with Gasteiger partial charge in [0.25, 0.3) is 0 Å². The fourth-order valence-corrected chi connectivity index (χ4v) is 2.17. The molecule has 1 aromatic heterocycles. The van der Waals surface area contributed by atoms with Crippen molar-refractivity contribution in [3.05, 3.63) is 48.2 Å². The summed E-state index contributed by atoms with van der Waals surface area (Å²) < 4.78 is 11.0. The summed E-state index contributed by atoms with van der Waals surface area (Å²) in [5, 5.41) is 11.3. The number of rotatable bonds is 9. The zero-order valence-electron chi connectivity index (χ0n) is 14.2. The Labute approximate surface area is 147 Å². The smallest absolute Gasteiger partial charge is 0.230 e. The number of hydrogen-bond donors (Lipinski definition) is 1. The lowest BCUT2D eigenvalue weighted by molar-refractivity contribution is -0.115. The molecule has 2 aromatic rings. The van der Waals surface area contributed by atoms with Crippen molar-refractivity contribution in [3.63, 3.8) is 0 Å². The van der Waals surface area contributed by atoms with E-state index in [0.717, 1.165) is 11.3 Å². The number of nitriles is 1. The maximum Gasteiger partial charge on any atom is 0.230 e. The lowest BCUT2D eigenvalue weighted by Crippen LogP contribution is -2.16. The minimum absolute atomic E-state index is 0.176. The van der Waals surface area contributed by atoms with E-state index in [-0.39, 0.29) is 12.3 Å². The van der Waals surface area contributed by atoms with Gasteiger partial charge in [0.05, 0.1) is 25.7 Å². The van der Waals surface area contributed by atoms with Gasteiger partial charge in [0.1, 0.15) is 5.75 Å². The first-order valence-corrected chi connectivity index (χ1v) is 8.19. The van der Waals surface area contributed by atoms with E-state index in [2.05, 4.69) is 16.4 Å². The zero-order chi connectivity index (χ0) is 17.9. The van der Waals surface area contributed by atoms with Crippen LogP contribution in [0.4, 0.5) is 5.82 Å². The third-order valence-corrected chi connectivity index (χ3v) is 3.32. The van der Waals surface area contributed by atoms with Gasteiger partial charge >= 0.3 is 0 Å². The van der Waals surface area contributed by atoms with Gasteiger partial charge in [-0.15, -0.1) is 0 Å². The number of aromatic nitrogens is 1. The predicted molar refractivity (Wildman–Crippen MR) is 94.5 cm³/mol. The number of pyridine rings is 1. The van der Waals surface area contributed by atoms with Gasteiger partial charge in [0.2, 0.25) is 5.91 Å². The Bertz CT molecular complexity index is 723. The quantitative estimate of drug-likeness (QED) is 0.708. The highest BCUT2D eigenvalue weighted by molar-refractivity contribution is 5.92. The zero-order valence-corrected chi connectivity index (χ0v) is 14.2. The van der Waals surface area contributed by atoms with Gasteiger partial charge in [0.15, 0.2) is 11.6 Å². The molecule has 0 spiro atoms.